The van der Waals surface area contributed by atoms with Crippen LogP contribution in [0.25, 0.3) is 0 Å². The van der Waals surface area contributed by atoms with Crippen molar-refractivity contribution in [1.82, 2.24) is 5.32 Å². The number of hydrogen-bond acceptors (Lipinski definition) is 2. The van der Waals surface area contributed by atoms with Crippen molar-refractivity contribution in [1.29, 1.82) is 0 Å². The van der Waals surface area contributed by atoms with Crippen molar-refractivity contribution in [2.75, 3.05) is 19.7 Å². The number of rotatable bonds is 0. The Balaban J connectivity index is 2.05. The summed E-state index contributed by atoms with van der Waals surface area (Å²) in [5, 5.41) is 3.49. The molecule has 1 fully saturated rings. The summed E-state index contributed by atoms with van der Waals surface area (Å²) >= 11 is 0. The smallest absolute Gasteiger partial charge is 0.123 e. The number of fused-ring (bicyclic) bond motifs is 3. The second kappa shape index (κ2) is 3.53. The molecule has 0 bridgehead atoms. The fraction of sp³-hybridized carbons (Fsp3) is 0.538. The van der Waals surface area contributed by atoms with Crippen LogP contribution >= 0.6 is 0 Å². The standard InChI is InChI=1S/C13H17NO/c1-9-2-3-11-12-8-14-7-10(12)4-5-15-13(11)6-9/h2-3,6,10,12,14H,4-5,7-8H2,1H3. The third-order valence-electron chi connectivity index (χ3n) is 3.65. The predicted molar refractivity (Wildman–Crippen MR) is 60.4 cm³/mol. The zero-order valence-corrected chi connectivity index (χ0v) is 9.12. The van der Waals surface area contributed by atoms with E-state index in [4.69, 9.17) is 4.74 Å². The van der Waals surface area contributed by atoms with Crippen molar-refractivity contribution in [3.8, 4) is 5.75 Å². The van der Waals surface area contributed by atoms with Crippen LogP contribution in [0.1, 0.15) is 23.5 Å². The van der Waals surface area contributed by atoms with E-state index in [1.54, 1.807) is 0 Å². The number of hydrogen-bond donors (Lipinski definition) is 1. The van der Waals surface area contributed by atoms with Crippen molar-refractivity contribution in [3.63, 3.8) is 0 Å². The fourth-order valence-electron chi connectivity index (χ4n) is 2.79. The van der Waals surface area contributed by atoms with Gasteiger partial charge in [0.25, 0.3) is 0 Å². The molecule has 0 saturated carbocycles. The van der Waals surface area contributed by atoms with Gasteiger partial charge in [-0.3, -0.25) is 0 Å². The van der Waals surface area contributed by atoms with Gasteiger partial charge in [0.05, 0.1) is 6.61 Å². The molecule has 0 amide bonds. The molecule has 2 unspecified atom stereocenters. The Morgan fingerprint density at radius 3 is 3.20 bits per heavy atom. The summed E-state index contributed by atoms with van der Waals surface area (Å²) in [7, 11) is 0. The summed E-state index contributed by atoms with van der Waals surface area (Å²) in [6.07, 6.45) is 1.19. The van der Waals surface area contributed by atoms with Gasteiger partial charge in [-0.05, 0) is 43.0 Å². The van der Waals surface area contributed by atoms with E-state index in [9.17, 15) is 0 Å². The molecule has 2 heteroatoms. The van der Waals surface area contributed by atoms with E-state index in [-0.39, 0.29) is 0 Å². The highest BCUT2D eigenvalue weighted by molar-refractivity contribution is 5.41. The van der Waals surface area contributed by atoms with Crippen LogP contribution in [0.3, 0.4) is 0 Å². The van der Waals surface area contributed by atoms with E-state index in [0.29, 0.717) is 5.92 Å². The lowest BCUT2D eigenvalue weighted by atomic mass is 9.87. The quantitative estimate of drug-likeness (QED) is 0.697. The van der Waals surface area contributed by atoms with Crippen molar-refractivity contribution < 1.29 is 4.74 Å². The summed E-state index contributed by atoms with van der Waals surface area (Å²) in [5.41, 5.74) is 2.70. The van der Waals surface area contributed by atoms with Crippen molar-refractivity contribution in [2.24, 2.45) is 5.92 Å². The van der Waals surface area contributed by atoms with Crippen LogP contribution in [0.5, 0.6) is 5.75 Å². The zero-order chi connectivity index (χ0) is 10.3. The van der Waals surface area contributed by atoms with Gasteiger partial charge >= 0.3 is 0 Å². The summed E-state index contributed by atoms with van der Waals surface area (Å²) in [6, 6.07) is 6.62. The summed E-state index contributed by atoms with van der Waals surface area (Å²) in [6.45, 7) is 5.27. The molecule has 15 heavy (non-hydrogen) atoms. The van der Waals surface area contributed by atoms with Crippen molar-refractivity contribution in [3.05, 3.63) is 29.3 Å². The molecule has 2 heterocycles. The van der Waals surface area contributed by atoms with Crippen LogP contribution in [-0.4, -0.2) is 19.7 Å². The van der Waals surface area contributed by atoms with Gasteiger partial charge in [0.2, 0.25) is 0 Å². The minimum Gasteiger partial charge on any atom is -0.493 e. The fourth-order valence-corrected chi connectivity index (χ4v) is 2.79. The lowest BCUT2D eigenvalue weighted by Crippen LogP contribution is -2.11. The van der Waals surface area contributed by atoms with Crippen LogP contribution in [0.15, 0.2) is 18.2 Å². The lowest BCUT2D eigenvalue weighted by molar-refractivity contribution is 0.296. The maximum Gasteiger partial charge on any atom is 0.123 e. The van der Waals surface area contributed by atoms with Crippen molar-refractivity contribution in [2.45, 2.75) is 19.3 Å². The summed E-state index contributed by atoms with van der Waals surface area (Å²) in [4.78, 5) is 0. The number of nitrogens with one attached hydrogen (secondary N) is 1. The first kappa shape index (κ1) is 9.22. The molecule has 0 radical (unpaired) electrons. The van der Waals surface area contributed by atoms with E-state index in [1.807, 2.05) is 0 Å². The molecule has 1 aromatic carbocycles. The maximum absolute atomic E-state index is 5.84. The number of aryl methyl sites for hydroxylation is 1. The molecule has 0 aromatic heterocycles. The largest absolute Gasteiger partial charge is 0.493 e. The second-order valence-electron chi connectivity index (χ2n) is 4.70. The highest BCUT2D eigenvalue weighted by Gasteiger charge is 2.32. The Hall–Kier alpha value is -1.02. The van der Waals surface area contributed by atoms with Crippen LogP contribution < -0.4 is 10.1 Å². The molecular weight excluding hydrogens is 186 g/mol. The third-order valence-corrected chi connectivity index (χ3v) is 3.65. The Morgan fingerprint density at radius 1 is 1.33 bits per heavy atom. The van der Waals surface area contributed by atoms with Gasteiger partial charge in [0.1, 0.15) is 5.75 Å². The van der Waals surface area contributed by atoms with E-state index in [0.717, 1.165) is 31.4 Å². The van der Waals surface area contributed by atoms with Gasteiger partial charge in [0.15, 0.2) is 0 Å². The molecule has 1 N–H and O–H groups in total. The van der Waals surface area contributed by atoms with E-state index in [1.165, 1.54) is 17.5 Å². The highest BCUT2D eigenvalue weighted by Crippen LogP contribution is 2.38. The van der Waals surface area contributed by atoms with Crippen molar-refractivity contribution >= 4 is 0 Å². The Labute approximate surface area is 90.6 Å². The molecule has 1 saturated heterocycles. The Morgan fingerprint density at radius 2 is 2.27 bits per heavy atom. The summed E-state index contributed by atoms with van der Waals surface area (Å²) < 4.78 is 5.84. The van der Waals surface area contributed by atoms with E-state index >= 15 is 0 Å². The van der Waals surface area contributed by atoms with E-state index in [2.05, 4.69) is 30.4 Å². The monoisotopic (exact) mass is 203 g/mol. The van der Waals surface area contributed by atoms with E-state index < -0.39 is 0 Å². The summed E-state index contributed by atoms with van der Waals surface area (Å²) in [5.74, 6) is 2.56. The molecule has 1 aromatic rings. The first-order chi connectivity index (χ1) is 7.34. The Bertz CT molecular complexity index is 375. The van der Waals surface area contributed by atoms with Crippen LogP contribution in [-0.2, 0) is 0 Å². The predicted octanol–water partition coefficient (Wildman–Crippen LogP) is 2.08. The van der Waals surface area contributed by atoms with Gasteiger partial charge in [-0.25, -0.2) is 0 Å². The SMILES string of the molecule is Cc1ccc2c(c1)OCCC1CNCC21. The lowest BCUT2D eigenvalue weighted by Gasteiger charge is -2.15. The van der Waals surface area contributed by atoms with Gasteiger partial charge in [-0.1, -0.05) is 12.1 Å². The first-order valence-electron chi connectivity index (χ1n) is 5.78. The topological polar surface area (TPSA) is 21.3 Å². The average Bonchev–Trinajstić information content (AvgIpc) is 2.61. The molecule has 2 nitrogen and oxygen atoms in total. The Kier molecular flexibility index (Phi) is 2.17. The van der Waals surface area contributed by atoms with Gasteiger partial charge < -0.3 is 10.1 Å². The minimum absolute atomic E-state index is 0.670. The molecule has 2 aliphatic heterocycles. The highest BCUT2D eigenvalue weighted by atomic mass is 16.5. The normalized spacial score (nSPS) is 28.9. The molecule has 2 atom stereocenters. The van der Waals surface area contributed by atoms with Crippen LogP contribution in [0.2, 0.25) is 0 Å². The molecule has 80 valence electrons. The van der Waals surface area contributed by atoms with Gasteiger partial charge in [-0.2, -0.15) is 0 Å². The molecule has 0 aliphatic carbocycles. The number of benzene rings is 1. The van der Waals surface area contributed by atoms with Gasteiger partial charge in [-0.15, -0.1) is 0 Å². The molecule has 3 rings (SSSR count). The molecule has 2 aliphatic rings. The third kappa shape index (κ3) is 1.53. The van der Waals surface area contributed by atoms with Gasteiger partial charge in [0, 0.05) is 12.5 Å². The molecule has 0 spiro atoms. The maximum atomic E-state index is 5.84. The van der Waals surface area contributed by atoms with Crippen LogP contribution in [0, 0.1) is 12.8 Å². The first-order valence-corrected chi connectivity index (χ1v) is 5.78. The minimum atomic E-state index is 0.670. The number of ether oxygens (including phenoxy) is 1. The van der Waals surface area contributed by atoms with Crippen LogP contribution in [0.4, 0.5) is 0 Å². The average molecular weight is 203 g/mol. The zero-order valence-electron chi connectivity index (χ0n) is 9.12. The molecular formula is C13H17NO. The second-order valence-corrected chi connectivity index (χ2v) is 4.70.